The molecule has 0 bridgehead atoms. The molecule has 1 saturated heterocycles. The highest BCUT2D eigenvalue weighted by Crippen LogP contribution is 2.28. The molecule has 1 aliphatic rings. The summed E-state index contributed by atoms with van der Waals surface area (Å²) in [4.78, 5) is 31.9. The van der Waals surface area contributed by atoms with Crippen LogP contribution in [0.5, 0.6) is 5.75 Å². The number of hydrogen-bond donors (Lipinski definition) is 2. The summed E-state index contributed by atoms with van der Waals surface area (Å²) in [5, 5.41) is 2.60. The number of pyridine rings is 1. The van der Waals surface area contributed by atoms with Crippen LogP contribution < -0.4 is 20.7 Å². The summed E-state index contributed by atoms with van der Waals surface area (Å²) < 4.78 is 24.5. The number of nitrogens with zero attached hydrogens (tertiary/aromatic N) is 2. The van der Waals surface area contributed by atoms with E-state index in [-0.39, 0.29) is 40.8 Å². The Morgan fingerprint density at radius 2 is 1.89 bits per heavy atom. The lowest BCUT2D eigenvalue weighted by Crippen LogP contribution is -2.35. The van der Waals surface area contributed by atoms with Crippen LogP contribution in [0.25, 0.3) is 0 Å². The number of ether oxygens (including phenoxy) is 2. The van der Waals surface area contributed by atoms with Crippen molar-refractivity contribution in [2.75, 3.05) is 42.8 Å². The second-order valence-electron chi connectivity index (χ2n) is 8.31. The van der Waals surface area contributed by atoms with Crippen molar-refractivity contribution in [1.82, 2.24) is 4.98 Å². The summed E-state index contributed by atoms with van der Waals surface area (Å²) >= 11 is 0. The first-order valence-corrected chi connectivity index (χ1v) is 11.3. The Morgan fingerprint density at radius 1 is 1.14 bits per heavy atom. The van der Waals surface area contributed by atoms with Crippen LogP contribution in [0.1, 0.15) is 28.8 Å². The van der Waals surface area contributed by atoms with Crippen LogP contribution in [0.3, 0.4) is 0 Å². The number of nitrogens with two attached hydrogens (primary N) is 1. The van der Waals surface area contributed by atoms with E-state index in [1.165, 1.54) is 25.3 Å². The molecule has 0 unspecified atom stereocenters. The normalized spacial score (nSPS) is 13.8. The largest absolute Gasteiger partial charge is 0.494 e. The molecule has 0 saturated carbocycles. The molecule has 2 aromatic carbocycles. The van der Waals surface area contributed by atoms with Gasteiger partial charge in [-0.3, -0.25) is 15.1 Å². The lowest BCUT2D eigenvalue weighted by atomic mass is 9.97. The summed E-state index contributed by atoms with van der Waals surface area (Å²) in [6, 6.07) is 12.5. The molecule has 0 atom stereocenters. The van der Waals surface area contributed by atoms with Crippen LogP contribution in [0.2, 0.25) is 0 Å². The van der Waals surface area contributed by atoms with Crippen LogP contribution >= 0.6 is 0 Å². The Labute approximate surface area is 202 Å². The van der Waals surface area contributed by atoms with Crippen LogP contribution in [-0.4, -0.2) is 43.7 Å². The van der Waals surface area contributed by atoms with Gasteiger partial charge in [-0.15, -0.1) is 0 Å². The number of nitrogens with one attached hydrogen (secondary N) is 1. The van der Waals surface area contributed by atoms with E-state index in [0.717, 1.165) is 37.7 Å². The predicted octanol–water partition coefficient (Wildman–Crippen LogP) is 4.51. The first kappa shape index (κ1) is 24.0. The van der Waals surface area contributed by atoms with Gasteiger partial charge >= 0.3 is 6.09 Å². The highest BCUT2D eigenvalue weighted by atomic mass is 19.1. The lowest BCUT2D eigenvalue weighted by molar-refractivity contribution is 0.103. The van der Waals surface area contributed by atoms with Gasteiger partial charge in [0.05, 0.1) is 25.1 Å². The maximum absolute atomic E-state index is 14.1. The standard InChI is InChI=1S/C26H27FN4O4/c1-34-23-6-5-18(15-21(23)27)25(32)20-3-2-4-22(28)24(20)30-26(33)35-16-17-9-13-31(14-10-17)19-7-11-29-12-8-19/h2-8,11-12,15,17H,9-10,13-14,16,28H2,1H3,(H,30,33). The third-order valence-corrected chi connectivity index (χ3v) is 6.07. The molecule has 0 aliphatic carbocycles. The second-order valence-corrected chi connectivity index (χ2v) is 8.31. The van der Waals surface area contributed by atoms with Gasteiger partial charge in [-0.2, -0.15) is 0 Å². The Kier molecular flexibility index (Phi) is 7.45. The number of rotatable bonds is 7. The summed E-state index contributed by atoms with van der Waals surface area (Å²) in [7, 11) is 1.34. The number of methoxy groups -OCH3 is 1. The van der Waals surface area contributed by atoms with E-state index < -0.39 is 17.7 Å². The molecule has 4 rings (SSSR count). The van der Waals surface area contributed by atoms with Crippen molar-refractivity contribution in [3.05, 3.63) is 77.9 Å². The topological polar surface area (TPSA) is 107 Å². The third kappa shape index (κ3) is 5.68. The minimum atomic E-state index is -0.700. The molecule has 3 N–H and O–H groups in total. The van der Waals surface area contributed by atoms with Crippen molar-refractivity contribution in [2.24, 2.45) is 5.92 Å². The number of aromatic nitrogens is 1. The number of hydrogen-bond acceptors (Lipinski definition) is 7. The van der Waals surface area contributed by atoms with Gasteiger partial charge in [0.2, 0.25) is 0 Å². The van der Waals surface area contributed by atoms with Crippen molar-refractivity contribution in [3.63, 3.8) is 0 Å². The molecule has 1 amide bonds. The van der Waals surface area contributed by atoms with Crippen LogP contribution in [0, 0.1) is 11.7 Å². The van der Waals surface area contributed by atoms with Crippen molar-refractivity contribution in [2.45, 2.75) is 12.8 Å². The quantitative estimate of drug-likeness (QED) is 0.380. The Morgan fingerprint density at radius 3 is 2.57 bits per heavy atom. The van der Waals surface area contributed by atoms with E-state index in [4.69, 9.17) is 15.2 Å². The van der Waals surface area contributed by atoms with Gasteiger partial charge in [-0.25, -0.2) is 9.18 Å². The number of carbonyl (C=O) groups is 2. The van der Waals surface area contributed by atoms with Crippen molar-refractivity contribution >= 4 is 28.9 Å². The van der Waals surface area contributed by atoms with Gasteiger partial charge in [0.25, 0.3) is 0 Å². The van der Waals surface area contributed by atoms with Gasteiger partial charge in [-0.05, 0) is 61.2 Å². The Hall–Kier alpha value is -4.14. The Bertz CT molecular complexity index is 1200. The zero-order chi connectivity index (χ0) is 24.8. The van der Waals surface area contributed by atoms with E-state index in [2.05, 4.69) is 15.2 Å². The van der Waals surface area contributed by atoms with Gasteiger partial charge in [0.15, 0.2) is 17.3 Å². The molecule has 0 radical (unpaired) electrons. The van der Waals surface area contributed by atoms with Gasteiger partial charge in [-0.1, -0.05) is 6.07 Å². The minimum absolute atomic E-state index is 0.0302. The molecule has 35 heavy (non-hydrogen) atoms. The number of anilines is 3. The number of piperidine rings is 1. The summed E-state index contributed by atoms with van der Waals surface area (Å²) in [5.74, 6) is -0.887. The molecule has 1 aromatic heterocycles. The van der Waals surface area contributed by atoms with E-state index in [1.807, 2.05) is 12.1 Å². The van der Waals surface area contributed by atoms with Gasteiger partial charge < -0.3 is 20.1 Å². The zero-order valence-electron chi connectivity index (χ0n) is 19.4. The average molecular weight is 479 g/mol. The van der Waals surface area contributed by atoms with Crippen molar-refractivity contribution in [3.8, 4) is 5.75 Å². The molecule has 8 nitrogen and oxygen atoms in total. The highest BCUT2D eigenvalue weighted by molar-refractivity contribution is 6.15. The number of carbonyl (C=O) groups excluding carboxylic acids is 2. The summed E-state index contributed by atoms with van der Waals surface area (Å²) in [6.45, 7) is 1.99. The first-order valence-electron chi connectivity index (χ1n) is 11.3. The van der Waals surface area contributed by atoms with Crippen LogP contribution in [0.15, 0.2) is 60.9 Å². The third-order valence-electron chi connectivity index (χ3n) is 6.07. The van der Waals surface area contributed by atoms with E-state index in [9.17, 15) is 14.0 Å². The number of para-hydroxylation sites is 1. The minimum Gasteiger partial charge on any atom is -0.494 e. The molecule has 1 aliphatic heterocycles. The monoisotopic (exact) mass is 478 g/mol. The molecular weight excluding hydrogens is 451 g/mol. The van der Waals surface area contributed by atoms with Gasteiger partial charge in [0.1, 0.15) is 0 Å². The van der Waals surface area contributed by atoms with E-state index >= 15 is 0 Å². The average Bonchev–Trinajstić information content (AvgIpc) is 2.89. The molecule has 3 aromatic rings. The smallest absolute Gasteiger partial charge is 0.411 e. The predicted molar refractivity (Wildman–Crippen MR) is 131 cm³/mol. The maximum Gasteiger partial charge on any atom is 0.411 e. The first-order chi connectivity index (χ1) is 17.0. The highest BCUT2D eigenvalue weighted by Gasteiger charge is 2.23. The van der Waals surface area contributed by atoms with Crippen LogP contribution in [0.4, 0.5) is 26.2 Å². The number of halogens is 1. The fraction of sp³-hybridized carbons (Fsp3) is 0.269. The van der Waals surface area contributed by atoms with Crippen LogP contribution in [-0.2, 0) is 4.74 Å². The van der Waals surface area contributed by atoms with E-state index in [0.29, 0.717) is 0 Å². The molecule has 0 spiro atoms. The van der Waals surface area contributed by atoms with Crippen molar-refractivity contribution in [1.29, 1.82) is 0 Å². The molecule has 182 valence electrons. The van der Waals surface area contributed by atoms with Crippen molar-refractivity contribution < 1.29 is 23.5 Å². The van der Waals surface area contributed by atoms with E-state index in [1.54, 1.807) is 24.5 Å². The molecule has 9 heteroatoms. The molecular formula is C26H27FN4O4. The fourth-order valence-corrected chi connectivity index (χ4v) is 4.11. The number of ketones is 1. The zero-order valence-corrected chi connectivity index (χ0v) is 19.4. The number of amides is 1. The maximum atomic E-state index is 14.1. The number of benzene rings is 2. The lowest BCUT2D eigenvalue weighted by Gasteiger charge is -2.33. The Balaban J connectivity index is 1.37. The van der Waals surface area contributed by atoms with Gasteiger partial charge in [0, 0.05) is 42.3 Å². The summed E-state index contributed by atoms with van der Waals surface area (Å²) in [5.41, 5.74) is 7.75. The molecule has 2 heterocycles. The SMILES string of the molecule is COc1ccc(C(=O)c2cccc(N)c2NC(=O)OCC2CCN(c3ccncc3)CC2)cc1F. The fourth-order valence-electron chi connectivity index (χ4n) is 4.11. The molecule has 1 fully saturated rings. The number of nitrogen functional groups attached to an aromatic ring is 1. The second kappa shape index (κ2) is 10.9. The summed E-state index contributed by atoms with van der Waals surface area (Å²) in [6.07, 6.45) is 4.61.